The monoisotopic (exact) mass is 366 g/mol. The number of para-hydroxylation sites is 1. The molecule has 0 fully saturated rings. The summed E-state index contributed by atoms with van der Waals surface area (Å²) in [6, 6.07) is 12.9. The Hall–Kier alpha value is -1.69. The zero-order valence-corrected chi connectivity index (χ0v) is 14.5. The number of hydrogen-bond acceptors (Lipinski definition) is 5. The first kappa shape index (κ1) is 16.2. The fourth-order valence-corrected chi connectivity index (χ4v) is 3.30. The molecule has 0 N–H and O–H groups in total. The van der Waals surface area contributed by atoms with E-state index in [4.69, 9.17) is 32.4 Å². The molecule has 3 rings (SSSR count). The third kappa shape index (κ3) is 3.80. The van der Waals surface area contributed by atoms with E-state index in [1.54, 1.807) is 19.2 Å². The molecule has 0 aliphatic carbocycles. The highest BCUT2D eigenvalue weighted by Gasteiger charge is 2.13. The van der Waals surface area contributed by atoms with Gasteiger partial charge in [0.15, 0.2) is 0 Å². The number of hydrogen-bond donors (Lipinski definition) is 0. The van der Waals surface area contributed by atoms with E-state index >= 15 is 0 Å². The number of ether oxygens (including phenoxy) is 1. The summed E-state index contributed by atoms with van der Waals surface area (Å²) in [4.78, 5) is 0. The van der Waals surface area contributed by atoms with Crippen molar-refractivity contribution < 1.29 is 9.15 Å². The van der Waals surface area contributed by atoms with Crippen LogP contribution in [0.1, 0.15) is 5.56 Å². The minimum Gasteiger partial charge on any atom is -0.496 e. The van der Waals surface area contributed by atoms with Gasteiger partial charge in [-0.05, 0) is 29.8 Å². The maximum absolute atomic E-state index is 6.16. The second-order valence-electron chi connectivity index (χ2n) is 4.60. The van der Waals surface area contributed by atoms with Crippen LogP contribution in [0, 0.1) is 0 Å². The second-order valence-corrected chi connectivity index (χ2v) is 6.37. The first-order chi connectivity index (χ1) is 11.2. The van der Waals surface area contributed by atoms with Gasteiger partial charge in [0.2, 0.25) is 0 Å². The third-order valence-corrected chi connectivity index (χ3v) is 4.56. The maximum atomic E-state index is 6.16. The molecule has 0 bridgehead atoms. The van der Waals surface area contributed by atoms with Gasteiger partial charge in [-0.2, -0.15) is 0 Å². The van der Waals surface area contributed by atoms with Crippen molar-refractivity contribution in [2.24, 2.45) is 0 Å². The van der Waals surface area contributed by atoms with Crippen LogP contribution in [0.25, 0.3) is 11.5 Å². The molecule has 0 aliphatic heterocycles. The molecule has 0 radical (unpaired) electrons. The SMILES string of the molecule is COc1ccccc1-c1nnc(SCc2ccc(Cl)cc2Cl)o1. The quantitative estimate of drug-likeness (QED) is 0.570. The fourth-order valence-electron chi connectivity index (χ4n) is 1.98. The van der Waals surface area contributed by atoms with Crippen molar-refractivity contribution in [1.29, 1.82) is 0 Å². The maximum Gasteiger partial charge on any atom is 0.277 e. The lowest BCUT2D eigenvalue weighted by Crippen LogP contribution is -1.87. The van der Waals surface area contributed by atoms with Gasteiger partial charge in [-0.15, -0.1) is 10.2 Å². The lowest BCUT2D eigenvalue weighted by atomic mass is 10.2. The smallest absolute Gasteiger partial charge is 0.277 e. The number of rotatable bonds is 5. The highest BCUT2D eigenvalue weighted by molar-refractivity contribution is 7.98. The molecule has 1 heterocycles. The molecule has 4 nitrogen and oxygen atoms in total. The molecule has 23 heavy (non-hydrogen) atoms. The Labute approximate surface area is 147 Å². The molecule has 2 aromatic carbocycles. The minimum absolute atomic E-state index is 0.423. The van der Waals surface area contributed by atoms with Crippen LogP contribution < -0.4 is 4.74 Å². The number of nitrogens with zero attached hydrogens (tertiary/aromatic N) is 2. The lowest BCUT2D eigenvalue weighted by Gasteiger charge is -2.03. The number of halogens is 2. The number of thioether (sulfide) groups is 1. The molecular formula is C16H12Cl2N2O2S. The molecule has 3 aromatic rings. The average molecular weight is 367 g/mol. The van der Waals surface area contributed by atoms with Crippen LogP contribution in [0.3, 0.4) is 0 Å². The van der Waals surface area contributed by atoms with Crippen molar-refractivity contribution in [3.05, 3.63) is 58.1 Å². The first-order valence-corrected chi connectivity index (χ1v) is 8.45. The third-order valence-electron chi connectivity index (χ3n) is 3.11. The normalized spacial score (nSPS) is 10.7. The van der Waals surface area contributed by atoms with Crippen LogP contribution in [0.2, 0.25) is 10.0 Å². The van der Waals surface area contributed by atoms with Crippen molar-refractivity contribution >= 4 is 35.0 Å². The van der Waals surface area contributed by atoms with Crippen LogP contribution >= 0.6 is 35.0 Å². The summed E-state index contributed by atoms with van der Waals surface area (Å²) in [7, 11) is 1.60. The summed E-state index contributed by atoms with van der Waals surface area (Å²) in [6.07, 6.45) is 0. The van der Waals surface area contributed by atoms with Crippen LogP contribution in [0.4, 0.5) is 0 Å². The largest absolute Gasteiger partial charge is 0.496 e. The van der Waals surface area contributed by atoms with Gasteiger partial charge >= 0.3 is 0 Å². The standard InChI is InChI=1S/C16H12Cl2N2O2S/c1-21-14-5-3-2-4-12(14)15-19-20-16(22-15)23-9-10-6-7-11(17)8-13(10)18/h2-8H,9H2,1H3. The van der Waals surface area contributed by atoms with E-state index < -0.39 is 0 Å². The van der Waals surface area contributed by atoms with Gasteiger partial charge < -0.3 is 9.15 Å². The molecular weight excluding hydrogens is 355 g/mol. The van der Waals surface area contributed by atoms with Gasteiger partial charge in [-0.3, -0.25) is 0 Å². The van der Waals surface area contributed by atoms with Gasteiger partial charge in [-0.25, -0.2) is 0 Å². The second kappa shape index (κ2) is 7.25. The van der Waals surface area contributed by atoms with E-state index in [1.807, 2.05) is 30.3 Å². The predicted octanol–water partition coefficient (Wildman–Crippen LogP) is 5.34. The van der Waals surface area contributed by atoms with Crippen LogP contribution in [-0.2, 0) is 5.75 Å². The average Bonchev–Trinajstić information content (AvgIpc) is 3.03. The fraction of sp³-hybridized carbons (Fsp3) is 0.125. The minimum atomic E-state index is 0.423. The summed E-state index contributed by atoms with van der Waals surface area (Å²) >= 11 is 13.5. The molecule has 0 aliphatic rings. The van der Waals surface area contributed by atoms with Gasteiger partial charge in [0.1, 0.15) is 5.75 Å². The zero-order valence-electron chi connectivity index (χ0n) is 12.1. The van der Waals surface area contributed by atoms with Gasteiger partial charge in [0, 0.05) is 15.8 Å². The lowest BCUT2D eigenvalue weighted by molar-refractivity contribution is 0.411. The number of methoxy groups -OCH3 is 1. The molecule has 0 amide bonds. The van der Waals surface area contributed by atoms with E-state index in [9.17, 15) is 0 Å². The molecule has 7 heteroatoms. The first-order valence-electron chi connectivity index (χ1n) is 6.71. The predicted molar refractivity (Wildman–Crippen MR) is 92.3 cm³/mol. The topological polar surface area (TPSA) is 48.2 Å². The van der Waals surface area contributed by atoms with Crippen LogP contribution in [0.5, 0.6) is 5.75 Å². The Morgan fingerprint density at radius 2 is 1.96 bits per heavy atom. The Morgan fingerprint density at radius 1 is 1.13 bits per heavy atom. The van der Waals surface area contributed by atoms with E-state index in [-0.39, 0.29) is 0 Å². The van der Waals surface area contributed by atoms with Crippen LogP contribution in [-0.4, -0.2) is 17.3 Å². The summed E-state index contributed by atoms with van der Waals surface area (Å²) in [5.74, 6) is 1.73. The van der Waals surface area contributed by atoms with Gasteiger partial charge in [-0.1, -0.05) is 53.2 Å². The van der Waals surface area contributed by atoms with Gasteiger partial charge in [0.05, 0.1) is 12.7 Å². The Morgan fingerprint density at radius 3 is 2.74 bits per heavy atom. The van der Waals surface area contributed by atoms with Crippen LogP contribution in [0.15, 0.2) is 52.1 Å². The van der Waals surface area contributed by atoms with Crippen molar-refractivity contribution in [2.45, 2.75) is 11.0 Å². The number of benzene rings is 2. The Balaban J connectivity index is 1.75. The van der Waals surface area contributed by atoms with E-state index in [2.05, 4.69) is 10.2 Å². The van der Waals surface area contributed by atoms with Crippen molar-refractivity contribution in [3.8, 4) is 17.2 Å². The molecule has 0 saturated carbocycles. The molecule has 0 spiro atoms. The molecule has 0 atom stereocenters. The van der Waals surface area contributed by atoms with E-state index in [0.29, 0.717) is 32.7 Å². The van der Waals surface area contributed by atoms with E-state index in [1.165, 1.54) is 11.8 Å². The zero-order chi connectivity index (χ0) is 16.2. The summed E-state index contributed by atoms with van der Waals surface area (Å²) < 4.78 is 11.0. The Bertz CT molecular complexity index is 823. The summed E-state index contributed by atoms with van der Waals surface area (Å²) in [6.45, 7) is 0. The highest BCUT2D eigenvalue weighted by atomic mass is 35.5. The van der Waals surface area contributed by atoms with E-state index in [0.717, 1.165) is 11.1 Å². The molecule has 0 saturated heterocycles. The Kier molecular flexibility index (Phi) is 5.10. The van der Waals surface area contributed by atoms with Crippen molar-refractivity contribution in [2.75, 3.05) is 7.11 Å². The van der Waals surface area contributed by atoms with Crippen molar-refractivity contribution in [3.63, 3.8) is 0 Å². The highest BCUT2D eigenvalue weighted by Crippen LogP contribution is 2.32. The molecule has 1 aromatic heterocycles. The van der Waals surface area contributed by atoms with Gasteiger partial charge in [0.25, 0.3) is 11.1 Å². The summed E-state index contributed by atoms with van der Waals surface area (Å²) in [5.41, 5.74) is 1.72. The molecule has 118 valence electrons. The molecule has 0 unspecified atom stereocenters. The number of aromatic nitrogens is 2. The summed E-state index contributed by atoms with van der Waals surface area (Å²) in [5, 5.41) is 9.82. The van der Waals surface area contributed by atoms with Crippen molar-refractivity contribution in [1.82, 2.24) is 10.2 Å².